The van der Waals surface area contributed by atoms with E-state index in [0.717, 1.165) is 28.3 Å². The molecule has 0 saturated heterocycles. The third-order valence-corrected chi connectivity index (χ3v) is 8.18. The van der Waals surface area contributed by atoms with Crippen LogP contribution in [0.5, 0.6) is 11.5 Å². The molecule has 0 spiro atoms. The van der Waals surface area contributed by atoms with Crippen LogP contribution < -0.4 is 16.0 Å². The van der Waals surface area contributed by atoms with Gasteiger partial charge < -0.3 is 14.0 Å². The fraction of sp³-hybridized carbons (Fsp3) is 0.132. The molecule has 4 aromatic heterocycles. The van der Waals surface area contributed by atoms with Gasteiger partial charge in [-0.1, -0.05) is 36.4 Å². The van der Waals surface area contributed by atoms with Gasteiger partial charge in [-0.3, -0.25) is 14.2 Å². The molecule has 13 heteroatoms. The number of benzene rings is 3. The van der Waals surface area contributed by atoms with Crippen molar-refractivity contribution in [3.05, 3.63) is 165 Å². The number of rotatable bonds is 12. The van der Waals surface area contributed by atoms with Crippen LogP contribution in [0.2, 0.25) is 0 Å². The molecular formula is C38H30F2N6O5. The van der Waals surface area contributed by atoms with Crippen LogP contribution in [0.1, 0.15) is 21.5 Å². The van der Waals surface area contributed by atoms with E-state index >= 15 is 4.39 Å². The molecule has 0 fully saturated rings. The first kappa shape index (κ1) is 33.0. The molecule has 256 valence electrons. The standard InChI is InChI=1S/C38H30F2N6O5/c1-43-22-32(41-24-43)27-19-36(33-13-14-42-45(33)20-27)51-35-12-7-26(17-31(35)40)18-34(47)30-21-44(15-16-50-23-25-5-3-2-4-6-25)38(49)46(37(30)48)29-10-8-28(39)9-11-29/h2-14,17,19-22,24H,15-16,18,23H2,1H3. The summed E-state index contributed by atoms with van der Waals surface area (Å²) in [5.41, 5.74) is 1.40. The van der Waals surface area contributed by atoms with Crippen molar-refractivity contribution in [3.63, 3.8) is 0 Å². The van der Waals surface area contributed by atoms with Gasteiger partial charge in [-0.25, -0.2) is 27.6 Å². The molecule has 0 atom stereocenters. The number of aromatic nitrogens is 6. The second-order valence-corrected chi connectivity index (χ2v) is 11.8. The Morgan fingerprint density at radius 1 is 0.863 bits per heavy atom. The molecule has 7 rings (SSSR count). The van der Waals surface area contributed by atoms with Crippen LogP contribution in [-0.2, 0) is 31.4 Å². The van der Waals surface area contributed by atoms with E-state index in [1.807, 2.05) is 43.6 Å². The lowest BCUT2D eigenvalue weighted by molar-refractivity contribution is 0.0986. The van der Waals surface area contributed by atoms with E-state index in [1.54, 1.807) is 39.9 Å². The maximum atomic E-state index is 15.5. The van der Waals surface area contributed by atoms with Crippen LogP contribution in [0, 0.1) is 11.6 Å². The zero-order chi connectivity index (χ0) is 35.5. The van der Waals surface area contributed by atoms with E-state index < -0.39 is 28.7 Å². The monoisotopic (exact) mass is 688 g/mol. The van der Waals surface area contributed by atoms with Crippen molar-refractivity contribution in [2.24, 2.45) is 7.05 Å². The van der Waals surface area contributed by atoms with Gasteiger partial charge in [-0.2, -0.15) is 5.10 Å². The highest BCUT2D eigenvalue weighted by Crippen LogP contribution is 2.32. The molecule has 51 heavy (non-hydrogen) atoms. The summed E-state index contributed by atoms with van der Waals surface area (Å²) in [4.78, 5) is 45.1. The molecule has 0 amide bonds. The summed E-state index contributed by atoms with van der Waals surface area (Å²) in [6.07, 6.45) is 7.73. The first-order valence-corrected chi connectivity index (χ1v) is 15.9. The first-order valence-electron chi connectivity index (χ1n) is 15.9. The predicted octanol–water partition coefficient (Wildman–Crippen LogP) is 5.76. The van der Waals surface area contributed by atoms with Gasteiger partial charge in [0.05, 0.1) is 43.7 Å². The molecular weight excluding hydrogens is 658 g/mol. The highest BCUT2D eigenvalue weighted by molar-refractivity contribution is 5.97. The highest BCUT2D eigenvalue weighted by atomic mass is 19.1. The number of halogens is 2. The number of pyridine rings is 1. The van der Waals surface area contributed by atoms with E-state index in [9.17, 15) is 18.8 Å². The second-order valence-electron chi connectivity index (χ2n) is 11.8. The predicted molar refractivity (Wildman–Crippen MR) is 184 cm³/mol. The second kappa shape index (κ2) is 14.2. The van der Waals surface area contributed by atoms with Gasteiger partial charge in [0.2, 0.25) is 0 Å². The van der Waals surface area contributed by atoms with Gasteiger partial charge in [0, 0.05) is 37.6 Å². The number of imidazole rings is 1. The van der Waals surface area contributed by atoms with Gasteiger partial charge in [-0.05, 0) is 59.7 Å². The summed E-state index contributed by atoms with van der Waals surface area (Å²) in [5.74, 6) is -1.68. The minimum Gasteiger partial charge on any atom is -0.452 e. The zero-order valence-electron chi connectivity index (χ0n) is 27.3. The number of hydrogen-bond acceptors (Lipinski definition) is 7. The highest BCUT2D eigenvalue weighted by Gasteiger charge is 2.20. The molecule has 7 aromatic rings. The van der Waals surface area contributed by atoms with Gasteiger partial charge in [0.25, 0.3) is 5.56 Å². The molecule has 0 saturated carbocycles. The first-order chi connectivity index (χ1) is 24.7. The zero-order valence-corrected chi connectivity index (χ0v) is 27.3. The Balaban J connectivity index is 1.14. The van der Waals surface area contributed by atoms with Gasteiger partial charge >= 0.3 is 5.69 Å². The molecule has 0 aliphatic rings. The number of hydrogen-bond donors (Lipinski definition) is 0. The lowest BCUT2D eigenvalue weighted by Crippen LogP contribution is -2.42. The number of fused-ring (bicyclic) bond motifs is 1. The Bertz CT molecular complexity index is 2490. The van der Waals surface area contributed by atoms with Crippen LogP contribution in [0.15, 0.2) is 126 Å². The fourth-order valence-corrected chi connectivity index (χ4v) is 5.61. The van der Waals surface area contributed by atoms with Gasteiger partial charge in [-0.15, -0.1) is 0 Å². The maximum Gasteiger partial charge on any atom is 0.335 e. The Hall–Kier alpha value is -6.47. The number of carbonyl (C=O) groups excluding carboxylic acids is 1. The van der Waals surface area contributed by atoms with Crippen molar-refractivity contribution in [1.29, 1.82) is 0 Å². The minimum atomic E-state index is -0.879. The summed E-state index contributed by atoms with van der Waals surface area (Å²) in [6, 6.07) is 21.8. The Labute approximate surface area is 289 Å². The van der Waals surface area contributed by atoms with E-state index in [4.69, 9.17) is 9.47 Å². The molecule has 3 aromatic carbocycles. The topological polar surface area (TPSA) is 115 Å². The lowest BCUT2D eigenvalue weighted by atomic mass is 10.0. The largest absolute Gasteiger partial charge is 0.452 e. The lowest BCUT2D eigenvalue weighted by Gasteiger charge is -2.14. The Kier molecular flexibility index (Phi) is 9.18. The van der Waals surface area contributed by atoms with Crippen molar-refractivity contribution in [2.75, 3.05) is 6.61 Å². The van der Waals surface area contributed by atoms with Crippen LogP contribution in [0.4, 0.5) is 8.78 Å². The third kappa shape index (κ3) is 7.14. The average Bonchev–Trinajstić information content (AvgIpc) is 3.79. The van der Waals surface area contributed by atoms with Crippen molar-refractivity contribution in [1.82, 2.24) is 28.3 Å². The van der Waals surface area contributed by atoms with Crippen molar-refractivity contribution >= 4 is 11.3 Å². The minimum absolute atomic E-state index is 0.0279. The van der Waals surface area contributed by atoms with E-state index in [-0.39, 0.29) is 42.1 Å². The number of ether oxygens (including phenoxy) is 2. The van der Waals surface area contributed by atoms with Crippen LogP contribution in [0.25, 0.3) is 22.5 Å². The number of Topliss-reactive ketones (excluding diaryl/α,β-unsaturated/α-hetero) is 1. The molecule has 0 bridgehead atoms. The van der Waals surface area contributed by atoms with Crippen LogP contribution in [0.3, 0.4) is 0 Å². The molecule has 0 unspecified atom stereocenters. The smallest absolute Gasteiger partial charge is 0.335 e. The van der Waals surface area contributed by atoms with Crippen LogP contribution in [-0.4, -0.2) is 40.7 Å². The van der Waals surface area contributed by atoms with Crippen LogP contribution >= 0.6 is 0 Å². The number of carbonyl (C=O) groups is 1. The molecule has 4 heterocycles. The summed E-state index contributed by atoms with van der Waals surface area (Å²) >= 11 is 0. The van der Waals surface area contributed by atoms with Gasteiger partial charge in [0.1, 0.15) is 16.9 Å². The van der Waals surface area contributed by atoms with Crippen molar-refractivity contribution in [2.45, 2.75) is 19.6 Å². The quantitative estimate of drug-likeness (QED) is 0.119. The van der Waals surface area contributed by atoms with Crippen molar-refractivity contribution < 1.29 is 23.0 Å². The summed E-state index contributed by atoms with van der Waals surface area (Å²) in [7, 11) is 1.85. The van der Waals surface area contributed by atoms with E-state index in [1.165, 1.54) is 35.0 Å². The normalized spacial score (nSPS) is 11.3. The summed E-state index contributed by atoms with van der Waals surface area (Å²) < 4.78 is 46.4. The molecule has 0 radical (unpaired) electrons. The third-order valence-electron chi connectivity index (χ3n) is 8.18. The molecule has 11 nitrogen and oxygen atoms in total. The van der Waals surface area contributed by atoms with Gasteiger partial charge in [0.15, 0.2) is 23.1 Å². The Morgan fingerprint density at radius 2 is 1.67 bits per heavy atom. The molecule has 0 aliphatic carbocycles. The molecule has 0 aliphatic heterocycles. The summed E-state index contributed by atoms with van der Waals surface area (Å²) in [5, 5.41) is 4.29. The number of nitrogens with zero attached hydrogens (tertiary/aromatic N) is 6. The number of ketones is 1. The SMILES string of the molecule is Cn1cnc(-c2cc(Oc3ccc(CC(=O)c4cn(CCOCc5ccccc5)c(=O)n(-c5ccc(F)cc5)c4=O)cc3F)c3ccnn3c2)c1. The molecule has 0 N–H and O–H groups in total. The fourth-order valence-electron chi connectivity index (χ4n) is 5.61. The summed E-state index contributed by atoms with van der Waals surface area (Å²) in [6.45, 7) is 0.431. The average molecular weight is 689 g/mol. The van der Waals surface area contributed by atoms with E-state index in [2.05, 4.69) is 10.1 Å². The van der Waals surface area contributed by atoms with Crippen molar-refractivity contribution in [3.8, 4) is 28.4 Å². The number of aryl methyl sites for hydroxylation is 1. The maximum absolute atomic E-state index is 15.5. The Morgan fingerprint density at radius 3 is 2.41 bits per heavy atom. The van der Waals surface area contributed by atoms with E-state index in [0.29, 0.717) is 29.1 Å².